The van der Waals surface area contributed by atoms with Gasteiger partial charge in [0.05, 0.1) is 5.56 Å². The fraction of sp³-hybridized carbons (Fsp3) is 0.312. The summed E-state index contributed by atoms with van der Waals surface area (Å²) < 4.78 is 37.8. The summed E-state index contributed by atoms with van der Waals surface area (Å²) in [6.07, 6.45) is -1.20. The number of halogens is 3. The standard InChI is InChI=1S/C16H15BF3N5/c18-16(19,20)12-1-3-13(4-2-12)23-14-5-8-22-15(24-14)25-9-6-17(11-21)7-10-25/h1-5,8H,6-7,9-10H2,(H,22,23,24). The lowest BCUT2D eigenvalue weighted by molar-refractivity contribution is -0.137. The van der Waals surface area contributed by atoms with Gasteiger partial charge in [0.1, 0.15) is 5.82 Å². The average molecular weight is 345 g/mol. The Hall–Kier alpha value is -2.76. The van der Waals surface area contributed by atoms with Crippen LogP contribution in [0.15, 0.2) is 36.5 Å². The Morgan fingerprint density at radius 3 is 2.40 bits per heavy atom. The third-order valence-corrected chi connectivity index (χ3v) is 4.09. The maximum absolute atomic E-state index is 12.6. The highest BCUT2D eigenvalue weighted by molar-refractivity contribution is 6.67. The largest absolute Gasteiger partial charge is 0.416 e. The summed E-state index contributed by atoms with van der Waals surface area (Å²) >= 11 is 0. The van der Waals surface area contributed by atoms with E-state index in [2.05, 4.69) is 21.3 Å². The van der Waals surface area contributed by atoms with Crippen LogP contribution in [0.5, 0.6) is 0 Å². The van der Waals surface area contributed by atoms with Crippen LogP contribution in [0.2, 0.25) is 12.6 Å². The van der Waals surface area contributed by atoms with E-state index in [1.165, 1.54) is 12.1 Å². The zero-order chi connectivity index (χ0) is 17.9. The Morgan fingerprint density at radius 1 is 1.12 bits per heavy atom. The number of nitrogens with one attached hydrogen (secondary N) is 1. The second kappa shape index (κ2) is 7.01. The second-order valence-electron chi connectivity index (χ2n) is 5.83. The van der Waals surface area contributed by atoms with Crippen molar-refractivity contribution < 1.29 is 13.2 Å². The van der Waals surface area contributed by atoms with Crippen LogP contribution in [-0.4, -0.2) is 29.8 Å². The van der Waals surface area contributed by atoms with E-state index in [-0.39, 0.29) is 6.71 Å². The Labute approximate surface area is 143 Å². The van der Waals surface area contributed by atoms with E-state index in [9.17, 15) is 13.2 Å². The predicted octanol–water partition coefficient (Wildman–Crippen LogP) is 3.62. The number of alkyl halides is 3. The zero-order valence-corrected chi connectivity index (χ0v) is 13.3. The third kappa shape index (κ3) is 4.21. The molecule has 0 unspecified atom stereocenters. The van der Waals surface area contributed by atoms with Gasteiger partial charge < -0.3 is 10.2 Å². The molecule has 1 aromatic heterocycles. The van der Waals surface area contributed by atoms with Crippen molar-refractivity contribution in [1.82, 2.24) is 9.97 Å². The smallest absolute Gasteiger partial charge is 0.342 e. The van der Waals surface area contributed by atoms with Crippen LogP contribution in [0, 0.1) is 11.2 Å². The minimum absolute atomic E-state index is 0.0738. The Bertz CT molecular complexity index is 765. The van der Waals surface area contributed by atoms with E-state index in [0.717, 1.165) is 24.8 Å². The lowest BCUT2D eigenvalue weighted by atomic mass is 9.45. The van der Waals surface area contributed by atoms with Gasteiger partial charge in [-0.05, 0) is 43.0 Å². The molecule has 9 heteroatoms. The van der Waals surface area contributed by atoms with E-state index < -0.39 is 11.7 Å². The van der Waals surface area contributed by atoms with E-state index in [1.807, 2.05) is 4.90 Å². The number of nitriles is 1. The quantitative estimate of drug-likeness (QED) is 0.861. The molecule has 5 nitrogen and oxygen atoms in total. The van der Waals surface area contributed by atoms with Crippen LogP contribution < -0.4 is 10.2 Å². The van der Waals surface area contributed by atoms with Crippen molar-refractivity contribution >= 4 is 24.2 Å². The fourth-order valence-electron chi connectivity index (χ4n) is 2.67. The van der Waals surface area contributed by atoms with Crippen molar-refractivity contribution in [3.63, 3.8) is 0 Å². The monoisotopic (exact) mass is 345 g/mol. The minimum Gasteiger partial charge on any atom is -0.342 e. The van der Waals surface area contributed by atoms with Crippen molar-refractivity contribution in [2.75, 3.05) is 23.3 Å². The lowest BCUT2D eigenvalue weighted by Crippen LogP contribution is -2.37. The highest BCUT2D eigenvalue weighted by Gasteiger charge is 2.30. The Morgan fingerprint density at radius 2 is 1.80 bits per heavy atom. The summed E-state index contributed by atoms with van der Waals surface area (Å²) in [6, 6.07) is 6.43. The van der Waals surface area contributed by atoms with Gasteiger partial charge in [0.15, 0.2) is 0 Å². The number of hydrogen-bond donors (Lipinski definition) is 1. The Balaban J connectivity index is 1.69. The van der Waals surface area contributed by atoms with E-state index in [0.29, 0.717) is 30.5 Å². The fourth-order valence-corrected chi connectivity index (χ4v) is 2.67. The number of nitrogens with zero attached hydrogens (tertiary/aromatic N) is 4. The SMILES string of the molecule is N#CB1CCN(c2nccc(Nc3ccc(C(F)(F)F)cc3)n2)CC1. The van der Waals surface area contributed by atoms with Gasteiger partial charge >= 0.3 is 6.18 Å². The predicted molar refractivity (Wildman–Crippen MR) is 90.0 cm³/mol. The molecule has 1 aliphatic heterocycles. The zero-order valence-electron chi connectivity index (χ0n) is 13.3. The summed E-state index contributed by atoms with van der Waals surface area (Å²) in [6.45, 7) is 1.49. The molecular formula is C16H15BF3N5. The van der Waals surface area contributed by atoms with Crippen molar-refractivity contribution in [1.29, 1.82) is 5.26 Å². The summed E-state index contributed by atoms with van der Waals surface area (Å²) in [5.74, 6) is 3.33. The molecule has 1 N–H and O–H groups in total. The Kier molecular flexibility index (Phi) is 4.79. The number of hydrogen-bond acceptors (Lipinski definition) is 5. The van der Waals surface area contributed by atoms with Gasteiger partial charge in [-0.2, -0.15) is 18.2 Å². The number of rotatable bonds is 3. The molecular weight excluding hydrogens is 330 g/mol. The molecule has 0 saturated carbocycles. The molecule has 1 aromatic carbocycles. The topological polar surface area (TPSA) is 64.8 Å². The molecule has 2 heterocycles. The van der Waals surface area contributed by atoms with Crippen molar-refractivity contribution in [3.05, 3.63) is 42.1 Å². The molecule has 0 bridgehead atoms. The first-order valence-corrected chi connectivity index (χ1v) is 7.87. The van der Waals surface area contributed by atoms with Gasteiger partial charge in [-0.15, -0.1) is 0 Å². The second-order valence-corrected chi connectivity index (χ2v) is 5.83. The molecule has 3 rings (SSSR count). The molecule has 25 heavy (non-hydrogen) atoms. The normalized spacial score (nSPS) is 15.0. The van der Waals surface area contributed by atoms with Gasteiger partial charge in [0.2, 0.25) is 5.95 Å². The van der Waals surface area contributed by atoms with Gasteiger partial charge in [-0.3, -0.25) is 0 Å². The van der Waals surface area contributed by atoms with Crippen molar-refractivity contribution in [3.8, 4) is 5.97 Å². The maximum Gasteiger partial charge on any atom is 0.416 e. The van der Waals surface area contributed by atoms with Crippen molar-refractivity contribution in [2.45, 2.75) is 18.8 Å². The van der Waals surface area contributed by atoms with Crippen LogP contribution in [0.25, 0.3) is 0 Å². The molecule has 0 spiro atoms. The molecule has 0 atom stereocenters. The van der Waals surface area contributed by atoms with Gasteiger partial charge in [0.25, 0.3) is 6.71 Å². The third-order valence-electron chi connectivity index (χ3n) is 4.09. The van der Waals surface area contributed by atoms with Crippen LogP contribution in [0.3, 0.4) is 0 Å². The summed E-state index contributed by atoms with van der Waals surface area (Å²) in [5.41, 5.74) is -0.178. The lowest BCUT2D eigenvalue weighted by Gasteiger charge is -2.28. The number of anilines is 3. The van der Waals surface area contributed by atoms with Crippen LogP contribution >= 0.6 is 0 Å². The van der Waals surface area contributed by atoms with Crippen molar-refractivity contribution in [2.24, 2.45) is 0 Å². The molecule has 128 valence electrons. The molecule has 0 amide bonds. The first-order chi connectivity index (χ1) is 12.0. The highest BCUT2D eigenvalue weighted by Crippen LogP contribution is 2.30. The van der Waals surface area contributed by atoms with E-state index in [4.69, 9.17) is 5.26 Å². The molecule has 1 fully saturated rings. The number of benzene rings is 1. The van der Waals surface area contributed by atoms with Crippen LogP contribution in [-0.2, 0) is 6.18 Å². The molecule has 2 aromatic rings. The van der Waals surface area contributed by atoms with Gasteiger partial charge in [-0.25, -0.2) is 10.2 Å². The van der Waals surface area contributed by atoms with E-state index in [1.54, 1.807) is 12.3 Å². The first kappa shape index (κ1) is 17.1. The molecule has 1 saturated heterocycles. The van der Waals surface area contributed by atoms with Gasteiger partial charge in [0, 0.05) is 30.9 Å². The summed E-state index contributed by atoms with van der Waals surface area (Å²) in [4.78, 5) is 10.7. The highest BCUT2D eigenvalue weighted by atomic mass is 19.4. The average Bonchev–Trinajstić information content (AvgIpc) is 2.62. The van der Waals surface area contributed by atoms with Crippen LogP contribution in [0.4, 0.5) is 30.6 Å². The molecule has 0 radical (unpaired) electrons. The maximum atomic E-state index is 12.6. The van der Waals surface area contributed by atoms with E-state index >= 15 is 0 Å². The molecule has 0 aliphatic carbocycles. The summed E-state index contributed by atoms with van der Waals surface area (Å²) in [7, 11) is 0. The van der Waals surface area contributed by atoms with Crippen LogP contribution in [0.1, 0.15) is 5.56 Å². The molecule has 1 aliphatic rings. The first-order valence-electron chi connectivity index (χ1n) is 7.87. The van der Waals surface area contributed by atoms with Gasteiger partial charge in [-0.1, -0.05) is 0 Å². The number of aromatic nitrogens is 2. The summed E-state index contributed by atoms with van der Waals surface area (Å²) in [5, 5.41) is 11.9. The minimum atomic E-state index is -4.35.